The summed E-state index contributed by atoms with van der Waals surface area (Å²) >= 11 is 0. The highest BCUT2D eigenvalue weighted by Crippen LogP contribution is 2.15. The third-order valence-electron chi connectivity index (χ3n) is 2.64. The van der Waals surface area contributed by atoms with Gasteiger partial charge in [-0.1, -0.05) is 6.92 Å². The van der Waals surface area contributed by atoms with E-state index in [1.54, 1.807) is 12.3 Å². The van der Waals surface area contributed by atoms with Crippen LogP contribution in [0.25, 0.3) is 5.69 Å². The molecule has 0 aliphatic heterocycles. The molecule has 0 amide bonds. The van der Waals surface area contributed by atoms with Crippen LogP contribution in [-0.2, 0) is 13.0 Å². The predicted molar refractivity (Wildman–Crippen MR) is 65.7 cm³/mol. The van der Waals surface area contributed by atoms with E-state index < -0.39 is 0 Å². The average Bonchev–Trinajstić information content (AvgIpc) is 2.76. The molecule has 4 heteroatoms. The van der Waals surface area contributed by atoms with E-state index in [1.165, 1.54) is 6.07 Å². The van der Waals surface area contributed by atoms with E-state index in [0.717, 1.165) is 23.5 Å². The zero-order valence-corrected chi connectivity index (χ0v) is 10.1. The maximum atomic E-state index is 13.5. The minimum absolute atomic E-state index is 0.219. The summed E-state index contributed by atoms with van der Waals surface area (Å²) < 4.78 is 15.4. The van der Waals surface area contributed by atoms with Gasteiger partial charge in [-0.25, -0.2) is 9.37 Å². The number of nitrogens with zero attached hydrogens (tertiary/aromatic N) is 2. The molecule has 1 heterocycles. The molecule has 0 saturated heterocycles. The number of aromatic nitrogens is 2. The molecule has 1 aromatic carbocycles. The predicted octanol–water partition coefficient (Wildman–Crippen LogP) is 2.29. The molecule has 1 aromatic heterocycles. The first kappa shape index (κ1) is 11.8. The van der Waals surface area contributed by atoms with Crippen molar-refractivity contribution in [3.63, 3.8) is 0 Å². The summed E-state index contributed by atoms with van der Waals surface area (Å²) in [5, 5.41) is 3.02. The van der Waals surface area contributed by atoms with Gasteiger partial charge in [-0.15, -0.1) is 0 Å². The molecule has 0 aliphatic rings. The van der Waals surface area contributed by atoms with Gasteiger partial charge >= 0.3 is 0 Å². The van der Waals surface area contributed by atoms with Crippen LogP contribution in [0.5, 0.6) is 0 Å². The highest BCUT2D eigenvalue weighted by molar-refractivity contribution is 5.38. The fraction of sp³-hybridized carbons (Fsp3) is 0.308. The third-order valence-corrected chi connectivity index (χ3v) is 2.64. The van der Waals surface area contributed by atoms with Crippen LogP contribution in [-0.4, -0.2) is 16.6 Å². The quantitative estimate of drug-likeness (QED) is 0.878. The van der Waals surface area contributed by atoms with Gasteiger partial charge < -0.3 is 9.88 Å². The van der Waals surface area contributed by atoms with Gasteiger partial charge in [0.05, 0.1) is 0 Å². The van der Waals surface area contributed by atoms with Crippen LogP contribution in [0.4, 0.5) is 4.39 Å². The molecule has 0 aliphatic carbocycles. The molecule has 0 bridgehead atoms. The summed E-state index contributed by atoms with van der Waals surface area (Å²) in [5.41, 5.74) is 1.75. The van der Waals surface area contributed by atoms with Crippen molar-refractivity contribution >= 4 is 0 Å². The van der Waals surface area contributed by atoms with Gasteiger partial charge in [0.1, 0.15) is 11.6 Å². The first-order valence-electron chi connectivity index (χ1n) is 5.71. The first-order valence-corrected chi connectivity index (χ1v) is 5.71. The maximum absolute atomic E-state index is 13.5. The summed E-state index contributed by atoms with van der Waals surface area (Å²) in [4.78, 5) is 4.24. The second-order valence-electron chi connectivity index (χ2n) is 3.92. The molecular formula is C13H16FN3. The van der Waals surface area contributed by atoms with E-state index in [0.29, 0.717) is 6.54 Å². The van der Waals surface area contributed by atoms with Gasteiger partial charge in [-0.2, -0.15) is 0 Å². The van der Waals surface area contributed by atoms with Gasteiger partial charge in [-0.05, 0) is 30.8 Å². The lowest BCUT2D eigenvalue weighted by atomic mass is 10.2. The molecule has 0 atom stereocenters. The number of halogens is 1. The lowest BCUT2D eigenvalue weighted by molar-refractivity contribution is 0.622. The van der Waals surface area contributed by atoms with E-state index in [9.17, 15) is 4.39 Å². The second-order valence-corrected chi connectivity index (χ2v) is 3.92. The molecule has 0 radical (unpaired) electrons. The van der Waals surface area contributed by atoms with Crippen LogP contribution in [0.1, 0.15) is 18.3 Å². The number of hydrogen-bond donors (Lipinski definition) is 1. The summed E-state index contributed by atoms with van der Waals surface area (Å²) in [6.07, 6.45) is 4.42. The van der Waals surface area contributed by atoms with Crippen LogP contribution in [0.3, 0.4) is 0 Å². The zero-order valence-electron chi connectivity index (χ0n) is 10.1. The Morgan fingerprint density at radius 2 is 2.18 bits per heavy atom. The van der Waals surface area contributed by atoms with E-state index in [2.05, 4.69) is 10.3 Å². The number of imidazole rings is 1. The summed E-state index contributed by atoms with van der Waals surface area (Å²) in [5.74, 6) is 0.717. The van der Waals surface area contributed by atoms with Crippen LogP contribution in [0.2, 0.25) is 0 Å². The Bertz CT molecular complexity index is 505. The molecule has 1 N–H and O–H groups in total. The number of aryl methyl sites for hydroxylation is 1. The number of hydrogen-bond acceptors (Lipinski definition) is 2. The normalized spacial score (nSPS) is 10.8. The van der Waals surface area contributed by atoms with Gasteiger partial charge in [0.2, 0.25) is 0 Å². The topological polar surface area (TPSA) is 29.9 Å². The van der Waals surface area contributed by atoms with E-state index >= 15 is 0 Å². The van der Waals surface area contributed by atoms with E-state index in [4.69, 9.17) is 0 Å². The molecule has 0 unspecified atom stereocenters. The van der Waals surface area contributed by atoms with Crippen molar-refractivity contribution in [3.05, 3.63) is 47.8 Å². The number of nitrogens with one attached hydrogen (secondary N) is 1. The second kappa shape index (κ2) is 5.10. The number of rotatable bonds is 4. The minimum Gasteiger partial charge on any atom is -0.316 e. The number of benzene rings is 1. The van der Waals surface area contributed by atoms with Crippen molar-refractivity contribution in [1.29, 1.82) is 0 Å². The van der Waals surface area contributed by atoms with Gasteiger partial charge in [0, 0.05) is 31.0 Å². The Balaban J connectivity index is 2.44. The largest absolute Gasteiger partial charge is 0.316 e. The van der Waals surface area contributed by atoms with E-state index in [-0.39, 0.29) is 5.82 Å². The van der Waals surface area contributed by atoms with Gasteiger partial charge in [0.25, 0.3) is 0 Å². The monoisotopic (exact) mass is 233 g/mol. The molecular weight excluding hydrogens is 217 g/mol. The van der Waals surface area contributed by atoms with Crippen molar-refractivity contribution < 1.29 is 4.39 Å². The highest BCUT2D eigenvalue weighted by Gasteiger charge is 2.06. The molecule has 3 nitrogen and oxygen atoms in total. The van der Waals surface area contributed by atoms with Crippen LogP contribution >= 0.6 is 0 Å². The summed E-state index contributed by atoms with van der Waals surface area (Å²) in [6, 6.07) is 5.04. The van der Waals surface area contributed by atoms with Crippen LogP contribution in [0.15, 0.2) is 30.6 Å². The molecule has 0 saturated carbocycles. The first-order chi connectivity index (χ1) is 8.24. The smallest absolute Gasteiger partial charge is 0.125 e. The Kier molecular flexibility index (Phi) is 3.54. The Morgan fingerprint density at radius 3 is 2.88 bits per heavy atom. The van der Waals surface area contributed by atoms with Gasteiger partial charge in [-0.3, -0.25) is 0 Å². The van der Waals surface area contributed by atoms with Crippen LogP contribution in [0, 0.1) is 5.82 Å². The van der Waals surface area contributed by atoms with E-state index in [1.807, 2.05) is 30.8 Å². The molecule has 2 rings (SSSR count). The van der Waals surface area contributed by atoms with Crippen molar-refractivity contribution in [2.75, 3.05) is 7.05 Å². The third kappa shape index (κ3) is 2.53. The Labute approximate surface area is 100 Å². The lowest BCUT2D eigenvalue weighted by Crippen LogP contribution is -2.07. The standard InChI is InChI=1S/C13H16FN3/c1-3-13-16-4-5-17(13)12-7-10(9-15-2)6-11(14)8-12/h4-8,15H,3,9H2,1-2H3. The van der Waals surface area contributed by atoms with Crippen molar-refractivity contribution in [2.45, 2.75) is 19.9 Å². The average molecular weight is 233 g/mol. The lowest BCUT2D eigenvalue weighted by Gasteiger charge is -2.09. The van der Waals surface area contributed by atoms with Crippen molar-refractivity contribution in [2.24, 2.45) is 0 Å². The molecule has 17 heavy (non-hydrogen) atoms. The van der Waals surface area contributed by atoms with Crippen LogP contribution < -0.4 is 5.32 Å². The fourth-order valence-electron chi connectivity index (χ4n) is 1.91. The summed E-state index contributed by atoms with van der Waals surface area (Å²) in [7, 11) is 1.85. The Hall–Kier alpha value is -1.68. The van der Waals surface area contributed by atoms with Crippen molar-refractivity contribution in [1.82, 2.24) is 14.9 Å². The van der Waals surface area contributed by atoms with Crippen molar-refractivity contribution in [3.8, 4) is 5.69 Å². The maximum Gasteiger partial charge on any atom is 0.125 e. The highest BCUT2D eigenvalue weighted by atomic mass is 19.1. The SMILES string of the molecule is CCc1nccn1-c1cc(F)cc(CNC)c1. The molecule has 0 fully saturated rings. The Morgan fingerprint density at radius 1 is 1.35 bits per heavy atom. The zero-order chi connectivity index (χ0) is 12.3. The molecule has 0 spiro atoms. The summed E-state index contributed by atoms with van der Waals surface area (Å²) in [6.45, 7) is 2.69. The fourth-order valence-corrected chi connectivity index (χ4v) is 1.91. The minimum atomic E-state index is -0.219. The molecule has 90 valence electrons. The van der Waals surface area contributed by atoms with Gasteiger partial charge in [0.15, 0.2) is 0 Å². The molecule has 2 aromatic rings.